The molecule has 2 rings (SSSR count). The van der Waals surface area contributed by atoms with E-state index in [9.17, 15) is 5.11 Å². The summed E-state index contributed by atoms with van der Waals surface area (Å²) in [7, 11) is 1.98. The SMILES string of the molecule is CN(Cc1ccccc1N)CC(O)c1ccccc1. The van der Waals surface area contributed by atoms with E-state index < -0.39 is 6.10 Å². The zero-order valence-electron chi connectivity index (χ0n) is 11.2. The van der Waals surface area contributed by atoms with E-state index in [0.29, 0.717) is 6.54 Å². The van der Waals surface area contributed by atoms with Crippen molar-refractivity contribution in [1.29, 1.82) is 0 Å². The fraction of sp³-hybridized carbons (Fsp3) is 0.250. The molecule has 0 saturated heterocycles. The van der Waals surface area contributed by atoms with Crippen molar-refractivity contribution in [3.05, 3.63) is 65.7 Å². The van der Waals surface area contributed by atoms with Crippen LogP contribution in [0.4, 0.5) is 5.69 Å². The van der Waals surface area contributed by atoms with Gasteiger partial charge >= 0.3 is 0 Å². The van der Waals surface area contributed by atoms with E-state index in [2.05, 4.69) is 4.90 Å². The Morgan fingerprint density at radius 3 is 2.37 bits per heavy atom. The van der Waals surface area contributed by atoms with Crippen molar-refractivity contribution in [3.8, 4) is 0 Å². The first-order valence-corrected chi connectivity index (χ1v) is 6.42. The normalized spacial score (nSPS) is 12.6. The summed E-state index contributed by atoms with van der Waals surface area (Å²) in [6, 6.07) is 17.5. The summed E-state index contributed by atoms with van der Waals surface area (Å²) in [6.07, 6.45) is -0.476. The molecule has 0 aromatic heterocycles. The number of nitrogens with zero attached hydrogens (tertiary/aromatic N) is 1. The maximum absolute atomic E-state index is 10.2. The highest BCUT2D eigenvalue weighted by Crippen LogP contribution is 2.16. The predicted octanol–water partition coefficient (Wildman–Crippen LogP) is 2.43. The van der Waals surface area contributed by atoms with Gasteiger partial charge in [0.25, 0.3) is 0 Å². The molecule has 19 heavy (non-hydrogen) atoms. The average molecular weight is 256 g/mol. The number of para-hydroxylation sites is 1. The number of hydrogen-bond acceptors (Lipinski definition) is 3. The molecule has 0 saturated carbocycles. The number of anilines is 1. The highest BCUT2D eigenvalue weighted by molar-refractivity contribution is 5.46. The van der Waals surface area contributed by atoms with E-state index in [0.717, 1.165) is 23.4 Å². The molecule has 100 valence electrons. The Hall–Kier alpha value is -1.84. The third kappa shape index (κ3) is 3.81. The van der Waals surface area contributed by atoms with Gasteiger partial charge in [-0.2, -0.15) is 0 Å². The van der Waals surface area contributed by atoms with E-state index in [-0.39, 0.29) is 0 Å². The Labute approximate surface area is 114 Å². The number of nitrogen functional groups attached to an aromatic ring is 1. The minimum absolute atomic E-state index is 0.476. The second-order valence-electron chi connectivity index (χ2n) is 4.82. The van der Waals surface area contributed by atoms with Crippen LogP contribution in [-0.2, 0) is 6.54 Å². The lowest BCUT2D eigenvalue weighted by atomic mass is 10.1. The van der Waals surface area contributed by atoms with Crippen LogP contribution >= 0.6 is 0 Å². The molecule has 0 spiro atoms. The summed E-state index contributed by atoms with van der Waals surface area (Å²) in [5.74, 6) is 0. The number of rotatable bonds is 5. The van der Waals surface area contributed by atoms with Gasteiger partial charge in [-0.1, -0.05) is 48.5 Å². The van der Waals surface area contributed by atoms with Crippen LogP contribution in [0.3, 0.4) is 0 Å². The lowest BCUT2D eigenvalue weighted by Crippen LogP contribution is -2.24. The molecule has 0 aliphatic carbocycles. The molecular weight excluding hydrogens is 236 g/mol. The quantitative estimate of drug-likeness (QED) is 0.808. The largest absolute Gasteiger partial charge is 0.398 e. The van der Waals surface area contributed by atoms with Gasteiger partial charge in [0, 0.05) is 18.8 Å². The topological polar surface area (TPSA) is 49.5 Å². The number of nitrogens with two attached hydrogens (primary N) is 1. The molecular formula is C16H20N2O. The van der Waals surface area contributed by atoms with Crippen LogP contribution in [0.1, 0.15) is 17.2 Å². The minimum atomic E-state index is -0.476. The Morgan fingerprint density at radius 1 is 1.05 bits per heavy atom. The molecule has 3 heteroatoms. The van der Waals surface area contributed by atoms with E-state index in [1.807, 2.05) is 61.6 Å². The summed E-state index contributed by atoms with van der Waals surface area (Å²) >= 11 is 0. The van der Waals surface area contributed by atoms with Crippen LogP contribution in [0.5, 0.6) is 0 Å². The van der Waals surface area contributed by atoms with Gasteiger partial charge < -0.3 is 10.8 Å². The number of hydrogen-bond donors (Lipinski definition) is 2. The maximum Gasteiger partial charge on any atom is 0.0916 e. The molecule has 3 N–H and O–H groups in total. The molecule has 0 bridgehead atoms. The van der Waals surface area contributed by atoms with Crippen molar-refractivity contribution in [2.75, 3.05) is 19.3 Å². The second kappa shape index (κ2) is 6.36. The van der Waals surface area contributed by atoms with Crippen molar-refractivity contribution in [2.45, 2.75) is 12.6 Å². The van der Waals surface area contributed by atoms with Crippen LogP contribution in [0.15, 0.2) is 54.6 Å². The van der Waals surface area contributed by atoms with E-state index >= 15 is 0 Å². The number of benzene rings is 2. The van der Waals surface area contributed by atoms with Gasteiger partial charge in [-0.25, -0.2) is 0 Å². The van der Waals surface area contributed by atoms with Crippen molar-refractivity contribution in [3.63, 3.8) is 0 Å². The Morgan fingerprint density at radius 2 is 1.68 bits per heavy atom. The van der Waals surface area contributed by atoms with Gasteiger partial charge in [0.15, 0.2) is 0 Å². The molecule has 0 aliphatic rings. The molecule has 1 unspecified atom stereocenters. The molecule has 0 aliphatic heterocycles. The Bertz CT molecular complexity index is 513. The highest BCUT2D eigenvalue weighted by Gasteiger charge is 2.11. The summed E-state index contributed by atoms with van der Waals surface area (Å²) in [5.41, 5.74) is 8.74. The monoisotopic (exact) mass is 256 g/mol. The summed E-state index contributed by atoms with van der Waals surface area (Å²) in [6.45, 7) is 1.31. The molecule has 2 aromatic rings. The Kier molecular flexibility index (Phi) is 4.55. The lowest BCUT2D eigenvalue weighted by Gasteiger charge is -2.21. The van der Waals surface area contributed by atoms with E-state index in [1.54, 1.807) is 0 Å². The zero-order valence-corrected chi connectivity index (χ0v) is 11.2. The van der Waals surface area contributed by atoms with Crippen LogP contribution in [0.25, 0.3) is 0 Å². The standard InChI is InChI=1S/C16H20N2O/c1-18(11-14-9-5-6-10-15(14)17)12-16(19)13-7-3-2-4-8-13/h2-10,16,19H,11-12,17H2,1H3. The number of likely N-dealkylation sites (N-methyl/N-ethyl adjacent to an activating group) is 1. The first-order chi connectivity index (χ1) is 9.16. The van der Waals surface area contributed by atoms with Crippen molar-refractivity contribution in [2.24, 2.45) is 0 Å². The van der Waals surface area contributed by atoms with Crippen molar-refractivity contribution in [1.82, 2.24) is 4.90 Å². The van der Waals surface area contributed by atoms with Crippen LogP contribution in [-0.4, -0.2) is 23.6 Å². The number of aliphatic hydroxyl groups is 1. The van der Waals surface area contributed by atoms with Gasteiger partial charge in [0.2, 0.25) is 0 Å². The maximum atomic E-state index is 10.2. The first-order valence-electron chi connectivity index (χ1n) is 6.42. The third-order valence-corrected chi connectivity index (χ3v) is 3.16. The van der Waals surface area contributed by atoms with Crippen LogP contribution in [0.2, 0.25) is 0 Å². The molecule has 0 heterocycles. The van der Waals surface area contributed by atoms with Crippen molar-refractivity contribution < 1.29 is 5.11 Å². The predicted molar refractivity (Wildman–Crippen MR) is 78.6 cm³/mol. The smallest absolute Gasteiger partial charge is 0.0916 e. The second-order valence-corrected chi connectivity index (χ2v) is 4.82. The minimum Gasteiger partial charge on any atom is -0.398 e. The fourth-order valence-corrected chi connectivity index (χ4v) is 2.11. The van der Waals surface area contributed by atoms with Gasteiger partial charge in [-0.3, -0.25) is 4.90 Å². The Balaban J connectivity index is 1.95. The first kappa shape index (κ1) is 13.6. The molecule has 0 fully saturated rings. The highest BCUT2D eigenvalue weighted by atomic mass is 16.3. The third-order valence-electron chi connectivity index (χ3n) is 3.16. The molecule has 2 aromatic carbocycles. The van der Waals surface area contributed by atoms with E-state index in [1.165, 1.54) is 0 Å². The number of aliphatic hydroxyl groups excluding tert-OH is 1. The van der Waals surface area contributed by atoms with Crippen molar-refractivity contribution >= 4 is 5.69 Å². The summed E-state index contributed by atoms with van der Waals surface area (Å²) in [4.78, 5) is 2.07. The molecule has 0 amide bonds. The van der Waals surface area contributed by atoms with Gasteiger partial charge in [0.1, 0.15) is 0 Å². The fourth-order valence-electron chi connectivity index (χ4n) is 2.11. The van der Waals surface area contributed by atoms with Crippen LogP contribution < -0.4 is 5.73 Å². The summed E-state index contributed by atoms with van der Waals surface area (Å²) < 4.78 is 0. The summed E-state index contributed by atoms with van der Waals surface area (Å²) in [5, 5.41) is 10.2. The van der Waals surface area contributed by atoms with Gasteiger partial charge in [-0.15, -0.1) is 0 Å². The molecule has 3 nitrogen and oxygen atoms in total. The molecule has 1 atom stereocenters. The van der Waals surface area contributed by atoms with Gasteiger partial charge in [-0.05, 0) is 24.2 Å². The zero-order chi connectivity index (χ0) is 13.7. The van der Waals surface area contributed by atoms with Gasteiger partial charge in [0.05, 0.1) is 6.10 Å². The average Bonchev–Trinajstić information content (AvgIpc) is 2.42. The van der Waals surface area contributed by atoms with Crippen LogP contribution in [0, 0.1) is 0 Å². The molecule has 0 radical (unpaired) electrons. The lowest BCUT2D eigenvalue weighted by molar-refractivity contribution is 0.124. The van der Waals surface area contributed by atoms with E-state index in [4.69, 9.17) is 5.73 Å².